The molecule has 2 aromatic carbocycles. The summed E-state index contributed by atoms with van der Waals surface area (Å²) in [6.07, 6.45) is 1.17. The summed E-state index contributed by atoms with van der Waals surface area (Å²) in [4.78, 5) is 2.27. The van der Waals surface area contributed by atoms with Crippen LogP contribution in [-0.2, 0) is 0 Å². The van der Waals surface area contributed by atoms with Crippen LogP contribution in [0.5, 0.6) is 0 Å². The topological polar surface area (TPSA) is 15.3 Å². The Morgan fingerprint density at radius 1 is 0.889 bits per heavy atom. The van der Waals surface area contributed by atoms with E-state index in [0.29, 0.717) is 0 Å². The summed E-state index contributed by atoms with van der Waals surface area (Å²) in [5.41, 5.74) is 3.50. The Morgan fingerprint density at radius 2 is 1.50 bits per heavy atom. The van der Waals surface area contributed by atoms with Gasteiger partial charge in [0.15, 0.2) is 0 Å². The number of para-hydroxylation sites is 1. The van der Waals surface area contributed by atoms with Crippen LogP contribution in [-0.4, -0.2) is 13.6 Å². The number of benzene rings is 2. The van der Waals surface area contributed by atoms with E-state index in [1.807, 2.05) is 18.2 Å². The van der Waals surface area contributed by atoms with Crippen molar-refractivity contribution in [3.05, 3.63) is 54.6 Å². The van der Waals surface area contributed by atoms with Crippen molar-refractivity contribution in [2.24, 2.45) is 0 Å². The maximum Gasteiger partial charge on any atom is 0.0385 e. The number of hydrogen-bond donors (Lipinski definition) is 1. The second kappa shape index (κ2) is 6.10. The van der Waals surface area contributed by atoms with E-state index in [1.54, 1.807) is 0 Å². The third-order valence-corrected chi connectivity index (χ3v) is 2.93. The van der Waals surface area contributed by atoms with E-state index in [2.05, 4.69) is 60.6 Å². The van der Waals surface area contributed by atoms with Gasteiger partial charge in [-0.3, -0.25) is 0 Å². The van der Waals surface area contributed by atoms with Crippen LogP contribution in [0.25, 0.3) is 0 Å². The molecule has 0 unspecified atom stereocenters. The quantitative estimate of drug-likeness (QED) is 0.839. The van der Waals surface area contributed by atoms with Crippen molar-refractivity contribution in [1.29, 1.82) is 0 Å². The van der Waals surface area contributed by atoms with Crippen molar-refractivity contribution < 1.29 is 0 Å². The van der Waals surface area contributed by atoms with Crippen LogP contribution in [0.1, 0.15) is 13.3 Å². The Bertz CT molecular complexity index is 462. The normalized spacial score (nSPS) is 10.1. The van der Waals surface area contributed by atoms with E-state index in [1.165, 1.54) is 12.1 Å². The molecule has 0 saturated carbocycles. The van der Waals surface area contributed by atoms with Crippen molar-refractivity contribution in [3.8, 4) is 0 Å². The Balaban J connectivity index is 2.04. The van der Waals surface area contributed by atoms with Gasteiger partial charge in [-0.2, -0.15) is 0 Å². The first-order chi connectivity index (χ1) is 8.79. The largest absolute Gasteiger partial charge is 0.375 e. The molecule has 0 spiro atoms. The maximum absolute atomic E-state index is 3.38. The molecule has 2 nitrogen and oxygen atoms in total. The lowest BCUT2D eigenvalue weighted by molar-refractivity contribution is 0.852. The van der Waals surface area contributed by atoms with E-state index in [4.69, 9.17) is 0 Å². The number of rotatable bonds is 5. The minimum atomic E-state index is 1.09. The van der Waals surface area contributed by atoms with Gasteiger partial charge in [0.1, 0.15) is 0 Å². The molecule has 0 atom stereocenters. The van der Waals surface area contributed by atoms with E-state index >= 15 is 0 Å². The predicted molar refractivity (Wildman–Crippen MR) is 79.7 cm³/mol. The van der Waals surface area contributed by atoms with E-state index in [0.717, 1.165) is 17.9 Å². The van der Waals surface area contributed by atoms with Crippen molar-refractivity contribution >= 4 is 17.1 Å². The molecular weight excluding hydrogens is 220 g/mol. The van der Waals surface area contributed by atoms with Crippen molar-refractivity contribution in [2.75, 3.05) is 23.8 Å². The van der Waals surface area contributed by atoms with Gasteiger partial charge in [0.25, 0.3) is 0 Å². The predicted octanol–water partition coefficient (Wildman–Crippen LogP) is 4.28. The molecule has 0 aromatic heterocycles. The molecule has 0 radical (unpaired) electrons. The maximum atomic E-state index is 3.38. The Hall–Kier alpha value is -1.96. The minimum Gasteiger partial charge on any atom is -0.375 e. The van der Waals surface area contributed by atoms with Gasteiger partial charge in [-0.05, 0) is 42.8 Å². The lowest BCUT2D eigenvalue weighted by Crippen LogP contribution is -2.17. The fourth-order valence-electron chi connectivity index (χ4n) is 1.95. The van der Waals surface area contributed by atoms with Crippen molar-refractivity contribution in [1.82, 2.24) is 0 Å². The Kier molecular flexibility index (Phi) is 4.24. The summed E-state index contributed by atoms with van der Waals surface area (Å²) in [5, 5.41) is 3.38. The molecule has 0 heterocycles. The molecule has 0 aliphatic carbocycles. The van der Waals surface area contributed by atoms with Gasteiger partial charge in [0.2, 0.25) is 0 Å². The lowest BCUT2D eigenvalue weighted by atomic mass is 10.2. The highest BCUT2D eigenvalue weighted by atomic mass is 15.1. The summed E-state index contributed by atoms with van der Waals surface area (Å²) in [6, 6.07) is 18.8. The zero-order valence-electron chi connectivity index (χ0n) is 11.1. The molecule has 1 N–H and O–H groups in total. The molecule has 0 fully saturated rings. The first-order valence-corrected chi connectivity index (χ1v) is 6.43. The van der Waals surface area contributed by atoms with Crippen LogP contribution >= 0.6 is 0 Å². The average molecular weight is 240 g/mol. The van der Waals surface area contributed by atoms with Crippen LogP contribution in [0.15, 0.2) is 54.6 Å². The van der Waals surface area contributed by atoms with Gasteiger partial charge >= 0.3 is 0 Å². The van der Waals surface area contributed by atoms with Crippen molar-refractivity contribution in [2.45, 2.75) is 13.3 Å². The minimum absolute atomic E-state index is 1.09. The SMILES string of the molecule is CCCN(C)c1ccc(Nc2ccccc2)cc1. The molecule has 2 rings (SSSR count). The summed E-state index contributed by atoms with van der Waals surface area (Å²) in [7, 11) is 2.13. The molecule has 18 heavy (non-hydrogen) atoms. The van der Waals surface area contributed by atoms with Gasteiger partial charge < -0.3 is 10.2 Å². The Morgan fingerprint density at radius 3 is 2.11 bits per heavy atom. The number of hydrogen-bond acceptors (Lipinski definition) is 2. The third-order valence-electron chi connectivity index (χ3n) is 2.93. The summed E-state index contributed by atoms with van der Waals surface area (Å²) in [6.45, 7) is 3.29. The molecule has 0 saturated heterocycles. The van der Waals surface area contributed by atoms with Gasteiger partial charge in [-0.25, -0.2) is 0 Å². The number of nitrogens with one attached hydrogen (secondary N) is 1. The summed E-state index contributed by atoms with van der Waals surface area (Å²) >= 11 is 0. The molecule has 0 bridgehead atoms. The molecule has 2 aromatic rings. The van der Waals surface area contributed by atoms with Crippen molar-refractivity contribution in [3.63, 3.8) is 0 Å². The molecular formula is C16H20N2. The zero-order valence-corrected chi connectivity index (χ0v) is 11.1. The second-order valence-corrected chi connectivity index (χ2v) is 4.46. The van der Waals surface area contributed by atoms with Crippen LogP contribution in [0.3, 0.4) is 0 Å². The van der Waals surface area contributed by atoms with Gasteiger partial charge in [0, 0.05) is 30.7 Å². The number of anilines is 3. The molecule has 0 amide bonds. The van der Waals surface area contributed by atoms with Crippen LogP contribution in [0.4, 0.5) is 17.1 Å². The summed E-state index contributed by atoms with van der Waals surface area (Å²) < 4.78 is 0. The van der Waals surface area contributed by atoms with Crippen LogP contribution in [0.2, 0.25) is 0 Å². The standard InChI is InChI=1S/C16H20N2/c1-3-13-18(2)16-11-9-15(10-12-16)17-14-7-5-4-6-8-14/h4-12,17H,3,13H2,1-2H3. The fourth-order valence-corrected chi connectivity index (χ4v) is 1.95. The van der Waals surface area contributed by atoms with E-state index < -0.39 is 0 Å². The van der Waals surface area contributed by atoms with E-state index in [9.17, 15) is 0 Å². The van der Waals surface area contributed by atoms with Crippen LogP contribution < -0.4 is 10.2 Å². The van der Waals surface area contributed by atoms with Gasteiger partial charge in [0.05, 0.1) is 0 Å². The highest BCUT2D eigenvalue weighted by molar-refractivity contribution is 5.62. The smallest absolute Gasteiger partial charge is 0.0385 e. The molecule has 0 aliphatic rings. The number of nitrogens with zero attached hydrogens (tertiary/aromatic N) is 1. The summed E-state index contributed by atoms with van der Waals surface area (Å²) in [5.74, 6) is 0. The monoisotopic (exact) mass is 240 g/mol. The first-order valence-electron chi connectivity index (χ1n) is 6.43. The first kappa shape index (κ1) is 12.5. The van der Waals surface area contributed by atoms with Gasteiger partial charge in [-0.1, -0.05) is 25.1 Å². The molecule has 2 heteroatoms. The van der Waals surface area contributed by atoms with E-state index in [-0.39, 0.29) is 0 Å². The third kappa shape index (κ3) is 3.27. The lowest BCUT2D eigenvalue weighted by Gasteiger charge is -2.18. The molecule has 94 valence electrons. The zero-order chi connectivity index (χ0) is 12.8. The second-order valence-electron chi connectivity index (χ2n) is 4.46. The highest BCUT2D eigenvalue weighted by Gasteiger charge is 1.99. The van der Waals surface area contributed by atoms with Gasteiger partial charge in [-0.15, -0.1) is 0 Å². The fraction of sp³-hybridized carbons (Fsp3) is 0.250. The average Bonchev–Trinajstić information content (AvgIpc) is 2.41. The highest BCUT2D eigenvalue weighted by Crippen LogP contribution is 2.20. The van der Waals surface area contributed by atoms with Crippen LogP contribution in [0, 0.1) is 0 Å². The molecule has 0 aliphatic heterocycles. The Labute approximate surface area is 109 Å².